The fourth-order valence-corrected chi connectivity index (χ4v) is 4.05. The number of hydrogen-bond donors (Lipinski definition) is 1. The van der Waals surface area contributed by atoms with E-state index in [1.165, 1.54) is 31.4 Å². The van der Waals surface area contributed by atoms with E-state index in [4.69, 9.17) is 4.98 Å². The lowest BCUT2D eigenvalue weighted by molar-refractivity contribution is 0.838. The number of hydrogen-bond acceptors (Lipinski definition) is 8. The first kappa shape index (κ1) is 20.4. The summed E-state index contributed by atoms with van der Waals surface area (Å²) in [6.45, 7) is 10.4. The lowest BCUT2D eigenvalue weighted by atomic mass is 10.2. The van der Waals surface area contributed by atoms with Crippen LogP contribution < -0.4 is 20.1 Å². The molecule has 1 aromatic heterocycles. The van der Waals surface area contributed by atoms with Crippen LogP contribution in [0, 0.1) is 0 Å². The molecule has 2 aromatic rings. The molecule has 0 saturated carbocycles. The van der Waals surface area contributed by atoms with E-state index in [9.17, 15) is 0 Å². The highest BCUT2D eigenvalue weighted by molar-refractivity contribution is 5.80. The molecule has 0 aliphatic carbocycles. The SMILES string of the molecule is CCN(CC)c1ccc(/C=N\Nc2nc(N3CCCC3)nc(N3CCCC3)n2)cc1. The summed E-state index contributed by atoms with van der Waals surface area (Å²) in [6.07, 6.45) is 6.56. The van der Waals surface area contributed by atoms with Crippen LogP contribution in [-0.2, 0) is 0 Å². The number of benzene rings is 1. The third-order valence-corrected chi connectivity index (χ3v) is 5.79. The quantitative estimate of drug-likeness (QED) is 0.530. The van der Waals surface area contributed by atoms with E-state index in [1.807, 2.05) is 0 Å². The lowest BCUT2D eigenvalue weighted by Gasteiger charge is -2.20. The molecule has 160 valence electrons. The number of nitrogens with one attached hydrogen (secondary N) is 1. The van der Waals surface area contributed by atoms with E-state index in [1.54, 1.807) is 6.21 Å². The second-order valence-electron chi connectivity index (χ2n) is 7.78. The maximum atomic E-state index is 4.74. The molecule has 0 amide bonds. The topological polar surface area (TPSA) is 72.8 Å². The molecule has 0 bridgehead atoms. The number of anilines is 4. The summed E-state index contributed by atoms with van der Waals surface area (Å²) >= 11 is 0. The predicted molar refractivity (Wildman–Crippen MR) is 124 cm³/mol. The van der Waals surface area contributed by atoms with Gasteiger partial charge in [0, 0.05) is 45.0 Å². The predicted octanol–water partition coefficient (Wildman–Crippen LogP) is 3.36. The van der Waals surface area contributed by atoms with Crippen molar-refractivity contribution < 1.29 is 0 Å². The van der Waals surface area contributed by atoms with Gasteiger partial charge in [-0.15, -0.1) is 0 Å². The molecule has 1 aromatic carbocycles. The first-order valence-electron chi connectivity index (χ1n) is 11.2. The highest BCUT2D eigenvalue weighted by atomic mass is 15.4. The molecule has 0 radical (unpaired) electrons. The monoisotopic (exact) mass is 408 g/mol. The molecular formula is C22H32N8. The van der Waals surface area contributed by atoms with Crippen molar-refractivity contribution in [2.45, 2.75) is 39.5 Å². The molecule has 1 N–H and O–H groups in total. The molecule has 0 unspecified atom stereocenters. The zero-order chi connectivity index (χ0) is 20.8. The second kappa shape index (κ2) is 9.73. The summed E-state index contributed by atoms with van der Waals surface area (Å²) in [4.78, 5) is 20.8. The minimum atomic E-state index is 0.504. The fraction of sp³-hybridized carbons (Fsp3) is 0.545. The Labute approximate surface area is 179 Å². The number of aromatic nitrogens is 3. The van der Waals surface area contributed by atoms with Gasteiger partial charge in [0.15, 0.2) is 0 Å². The molecule has 2 fully saturated rings. The van der Waals surface area contributed by atoms with Crippen LogP contribution in [0.4, 0.5) is 23.5 Å². The summed E-state index contributed by atoms with van der Waals surface area (Å²) in [5.74, 6) is 2.01. The van der Waals surface area contributed by atoms with Gasteiger partial charge in [0.1, 0.15) is 0 Å². The third-order valence-electron chi connectivity index (χ3n) is 5.79. The molecule has 3 heterocycles. The van der Waals surface area contributed by atoms with Crippen molar-refractivity contribution >= 4 is 29.7 Å². The molecule has 2 aliphatic rings. The number of nitrogens with zero attached hydrogens (tertiary/aromatic N) is 7. The summed E-state index contributed by atoms with van der Waals surface area (Å²) in [5.41, 5.74) is 5.29. The van der Waals surface area contributed by atoms with Crippen molar-refractivity contribution in [1.29, 1.82) is 0 Å². The smallest absolute Gasteiger partial charge is 0.250 e. The Kier molecular flexibility index (Phi) is 6.61. The van der Waals surface area contributed by atoms with Crippen LogP contribution in [0.1, 0.15) is 45.1 Å². The maximum absolute atomic E-state index is 4.74. The first-order chi connectivity index (χ1) is 14.8. The Balaban J connectivity index is 1.47. The van der Waals surface area contributed by atoms with E-state index in [0.717, 1.165) is 56.7 Å². The standard InChI is InChI=1S/C22H32N8/c1-3-28(4-2)19-11-9-18(10-12-19)17-23-27-20-24-21(29-13-5-6-14-29)26-22(25-20)30-15-7-8-16-30/h9-12,17H,3-8,13-16H2,1-2H3,(H,24,25,26,27)/b23-17-. The average Bonchev–Trinajstić information content (AvgIpc) is 3.50. The van der Waals surface area contributed by atoms with Crippen molar-refractivity contribution in [3.05, 3.63) is 29.8 Å². The van der Waals surface area contributed by atoms with Crippen LogP contribution in [-0.4, -0.2) is 60.4 Å². The van der Waals surface area contributed by atoms with Gasteiger partial charge in [-0.05, 0) is 57.2 Å². The Morgan fingerprint density at radius 2 is 1.40 bits per heavy atom. The molecule has 8 nitrogen and oxygen atoms in total. The minimum absolute atomic E-state index is 0.504. The van der Waals surface area contributed by atoms with Crippen LogP contribution >= 0.6 is 0 Å². The molecule has 8 heteroatoms. The van der Waals surface area contributed by atoms with Crippen molar-refractivity contribution in [3.8, 4) is 0 Å². The van der Waals surface area contributed by atoms with Crippen molar-refractivity contribution in [2.24, 2.45) is 5.10 Å². The van der Waals surface area contributed by atoms with E-state index < -0.39 is 0 Å². The van der Waals surface area contributed by atoms with Gasteiger partial charge in [0.2, 0.25) is 17.8 Å². The van der Waals surface area contributed by atoms with Crippen LogP contribution in [0.5, 0.6) is 0 Å². The largest absolute Gasteiger partial charge is 0.372 e. The average molecular weight is 409 g/mol. The van der Waals surface area contributed by atoms with Crippen LogP contribution in [0.15, 0.2) is 29.4 Å². The molecular weight excluding hydrogens is 376 g/mol. The van der Waals surface area contributed by atoms with E-state index in [-0.39, 0.29) is 0 Å². The minimum Gasteiger partial charge on any atom is -0.372 e. The summed E-state index contributed by atoms with van der Waals surface area (Å²) in [6, 6.07) is 8.43. The van der Waals surface area contributed by atoms with Crippen LogP contribution in [0.3, 0.4) is 0 Å². The zero-order valence-electron chi connectivity index (χ0n) is 18.1. The second-order valence-corrected chi connectivity index (χ2v) is 7.78. The number of hydrazone groups is 1. The Morgan fingerprint density at radius 1 is 0.867 bits per heavy atom. The van der Waals surface area contributed by atoms with Gasteiger partial charge >= 0.3 is 0 Å². The fourth-order valence-electron chi connectivity index (χ4n) is 4.05. The summed E-state index contributed by atoms with van der Waals surface area (Å²) in [5, 5.41) is 4.38. The van der Waals surface area contributed by atoms with Crippen molar-refractivity contribution in [3.63, 3.8) is 0 Å². The highest BCUT2D eigenvalue weighted by Gasteiger charge is 2.21. The molecule has 4 rings (SSSR count). The Hall–Kier alpha value is -2.90. The van der Waals surface area contributed by atoms with E-state index in [0.29, 0.717) is 5.95 Å². The van der Waals surface area contributed by atoms with E-state index in [2.05, 4.69) is 73.3 Å². The van der Waals surface area contributed by atoms with Gasteiger partial charge in [-0.1, -0.05) is 12.1 Å². The van der Waals surface area contributed by atoms with Crippen molar-refractivity contribution in [1.82, 2.24) is 15.0 Å². The Bertz CT molecular complexity index is 800. The normalized spacial score (nSPS) is 16.6. The Morgan fingerprint density at radius 3 is 1.90 bits per heavy atom. The van der Waals surface area contributed by atoms with E-state index >= 15 is 0 Å². The summed E-state index contributed by atoms with van der Waals surface area (Å²) < 4.78 is 0. The first-order valence-corrected chi connectivity index (χ1v) is 11.2. The van der Waals surface area contributed by atoms with Gasteiger partial charge < -0.3 is 14.7 Å². The van der Waals surface area contributed by atoms with Gasteiger partial charge in [0.05, 0.1) is 6.21 Å². The molecule has 30 heavy (non-hydrogen) atoms. The molecule has 0 atom stereocenters. The lowest BCUT2D eigenvalue weighted by Crippen LogP contribution is -2.25. The van der Waals surface area contributed by atoms with Gasteiger partial charge in [-0.3, -0.25) is 0 Å². The van der Waals surface area contributed by atoms with Crippen LogP contribution in [0.25, 0.3) is 0 Å². The molecule has 0 spiro atoms. The third kappa shape index (κ3) is 4.80. The van der Waals surface area contributed by atoms with Gasteiger partial charge in [-0.25, -0.2) is 5.43 Å². The van der Waals surface area contributed by atoms with Crippen LogP contribution in [0.2, 0.25) is 0 Å². The van der Waals surface area contributed by atoms with Crippen molar-refractivity contribution in [2.75, 3.05) is 59.4 Å². The number of rotatable bonds is 8. The maximum Gasteiger partial charge on any atom is 0.250 e. The summed E-state index contributed by atoms with van der Waals surface area (Å²) in [7, 11) is 0. The zero-order valence-corrected chi connectivity index (χ0v) is 18.1. The molecule has 2 saturated heterocycles. The molecule has 2 aliphatic heterocycles. The highest BCUT2D eigenvalue weighted by Crippen LogP contribution is 2.22. The van der Waals surface area contributed by atoms with Gasteiger partial charge in [0.25, 0.3) is 0 Å². The van der Waals surface area contributed by atoms with Gasteiger partial charge in [-0.2, -0.15) is 20.1 Å².